The van der Waals surface area contributed by atoms with Crippen molar-refractivity contribution in [2.24, 2.45) is 22.7 Å². The Morgan fingerprint density at radius 1 is 0.807 bits per heavy atom. The second kappa shape index (κ2) is 12.5. The third kappa shape index (κ3) is 4.84. The van der Waals surface area contributed by atoms with Crippen molar-refractivity contribution in [1.82, 2.24) is 9.47 Å². The Labute approximate surface area is 332 Å². The molecule has 0 spiro atoms. The molecule has 0 N–H and O–H groups in total. The lowest BCUT2D eigenvalue weighted by Crippen LogP contribution is -2.46. The zero-order valence-electron chi connectivity index (χ0n) is 32.1. The third-order valence-corrected chi connectivity index (χ3v) is 13.0. The summed E-state index contributed by atoms with van der Waals surface area (Å²) in [4.78, 5) is 10.5. The smallest absolute Gasteiger partial charge is 0.228 e. The molecule has 4 aliphatic carbocycles. The minimum absolute atomic E-state index is 0.0351. The topological polar surface area (TPSA) is 36.9 Å². The molecule has 2 aliphatic heterocycles. The van der Waals surface area contributed by atoms with Crippen molar-refractivity contribution in [3.05, 3.63) is 190 Å². The number of aliphatic imine (C=N–C) groups is 1. The maximum absolute atomic E-state index is 6.91. The third-order valence-electron chi connectivity index (χ3n) is 13.0. The standard InChI is InChI=1S/C52H42N4O/c1-32-14-12-17-33(28-32)36-26-27-47-42(30-36)49-51(57-47)53-50(40-22-13-25-45-48(40)39-21-9-11-24-44(39)55(45)37-18-4-3-5-19-37)54(2)52(49)56-43-23-10-8-20-38(43)41-29-34-15-6-7-16-35(34)31-46(41)56/h3-13,16-32,34,40,48,52H,14-15H2,1-2H3. The highest BCUT2D eigenvalue weighted by Gasteiger charge is 2.45. The molecule has 4 aromatic carbocycles. The predicted octanol–water partition coefficient (Wildman–Crippen LogP) is 11.0. The molecular formula is C52H42N4O. The van der Waals surface area contributed by atoms with Gasteiger partial charge in [-0.2, -0.15) is 4.99 Å². The lowest BCUT2D eigenvalue weighted by molar-refractivity contribution is 0.308. The van der Waals surface area contributed by atoms with Crippen LogP contribution in [0.15, 0.2) is 172 Å². The van der Waals surface area contributed by atoms with E-state index in [0.29, 0.717) is 17.7 Å². The fraction of sp³-hybridized carbons (Fsp3) is 0.173. The molecule has 0 saturated heterocycles. The minimum atomic E-state index is -0.224. The molecule has 5 nitrogen and oxygen atoms in total. The van der Waals surface area contributed by atoms with Crippen LogP contribution in [0.5, 0.6) is 0 Å². The number of hydrogen-bond acceptors (Lipinski definition) is 4. The van der Waals surface area contributed by atoms with E-state index in [1.165, 1.54) is 60.8 Å². The summed E-state index contributed by atoms with van der Waals surface area (Å²) in [5, 5.41) is 4.94. The molecule has 6 aromatic rings. The van der Waals surface area contributed by atoms with Gasteiger partial charge in [-0.25, -0.2) is 0 Å². The highest BCUT2D eigenvalue weighted by molar-refractivity contribution is 5.99. The van der Waals surface area contributed by atoms with Crippen LogP contribution >= 0.6 is 0 Å². The van der Waals surface area contributed by atoms with Gasteiger partial charge in [0.15, 0.2) is 0 Å². The number of nitrogens with zero attached hydrogens (tertiary/aromatic N) is 4. The van der Waals surface area contributed by atoms with Crippen LogP contribution in [-0.2, 0) is 0 Å². The van der Waals surface area contributed by atoms with Crippen molar-refractivity contribution >= 4 is 62.7 Å². The monoisotopic (exact) mass is 738 g/mol. The first-order chi connectivity index (χ1) is 28.1. The van der Waals surface area contributed by atoms with E-state index in [1.54, 1.807) is 0 Å². The minimum Gasteiger partial charge on any atom is -0.438 e. The number of furan rings is 1. The second-order valence-corrected chi connectivity index (χ2v) is 16.4. The fourth-order valence-electron chi connectivity index (χ4n) is 10.4. The van der Waals surface area contributed by atoms with Gasteiger partial charge in [-0.15, -0.1) is 0 Å². The van der Waals surface area contributed by atoms with Crippen LogP contribution in [0.3, 0.4) is 0 Å². The number of para-hydroxylation sites is 3. The highest BCUT2D eigenvalue weighted by Crippen LogP contribution is 2.54. The normalized spacial score (nSPS) is 24.1. The number of amidine groups is 1. The molecule has 0 radical (unpaired) electrons. The van der Waals surface area contributed by atoms with Crippen molar-refractivity contribution in [3.8, 4) is 0 Å². The van der Waals surface area contributed by atoms with E-state index in [2.05, 4.69) is 192 Å². The molecule has 12 rings (SSSR count). The molecule has 276 valence electrons. The van der Waals surface area contributed by atoms with Crippen LogP contribution in [0.25, 0.3) is 39.6 Å². The average molecular weight is 739 g/mol. The Balaban J connectivity index is 1.10. The van der Waals surface area contributed by atoms with E-state index in [4.69, 9.17) is 9.41 Å². The molecule has 2 aromatic heterocycles. The molecule has 5 heteroatoms. The van der Waals surface area contributed by atoms with Crippen molar-refractivity contribution < 1.29 is 4.42 Å². The second-order valence-electron chi connectivity index (χ2n) is 16.4. The zero-order chi connectivity index (χ0) is 37.8. The zero-order valence-corrected chi connectivity index (χ0v) is 32.1. The van der Waals surface area contributed by atoms with Gasteiger partial charge in [-0.3, -0.25) is 0 Å². The Hall–Kier alpha value is -6.59. The molecule has 5 unspecified atom stereocenters. The number of anilines is 2. The Bertz CT molecular complexity index is 3040. The summed E-state index contributed by atoms with van der Waals surface area (Å²) < 4.78 is 9.49. The first-order valence-electron chi connectivity index (χ1n) is 20.4. The van der Waals surface area contributed by atoms with E-state index in [9.17, 15) is 0 Å². The number of benzene rings is 4. The van der Waals surface area contributed by atoms with Crippen LogP contribution in [-0.4, -0.2) is 22.4 Å². The summed E-state index contributed by atoms with van der Waals surface area (Å²) in [6, 6.07) is 35.3. The van der Waals surface area contributed by atoms with Crippen LogP contribution in [0, 0.1) is 17.8 Å². The molecule has 4 heterocycles. The van der Waals surface area contributed by atoms with Crippen molar-refractivity contribution in [2.45, 2.75) is 31.8 Å². The molecule has 0 fully saturated rings. The molecule has 0 amide bonds. The molecule has 5 atom stereocenters. The van der Waals surface area contributed by atoms with Gasteiger partial charge in [-0.05, 0) is 89.6 Å². The Morgan fingerprint density at radius 2 is 1.67 bits per heavy atom. The number of allylic oxidation sites excluding steroid dienone is 11. The quantitative estimate of drug-likeness (QED) is 0.181. The van der Waals surface area contributed by atoms with Crippen LogP contribution in [0.1, 0.15) is 48.5 Å². The van der Waals surface area contributed by atoms with Gasteiger partial charge in [0.25, 0.3) is 0 Å². The number of aromatic nitrogens is 1. The van der Waals surface area contributed by atoms with Gasteiger partial charge >= 0.3 is 0 Å². The molecular weight excluding hydrogens is 697 g/mol. The number of hydrogen-bond donors (Lipinski definition) is 0. The average Bonchev–Trinajstić information content (AvgIpc) is 3.90. The Kier molecular flexibility index (Phi) is 7.13. The fourth-order valence-corrected chi connectivity index (χ4v) is 10.4. The van der Waals surface area contributed by atoms with Gasteiger partial charge in [0, 0.05) is 57.9 Å². The summed E-state index contributed by atoms with van der Waals surface area (Å²) in [7, 11) is 2.25. The number of fused-ring (bicyclic) bond motifs is 10. The van der Waals surface area contributed by atoms with Gasteiger partial charge in [0.1, 0.15) is 17.6 Å². The summed E-state index contributed by atoms with van der Waals surface area (Å²) in [6.45, 7) is 2.29. The summed E-state index contributed by atoms with van der Waals surface area (Å²) in [5.41, 5.74) is 12.0. The van der Waals surface area contributed by atoms with Gasteiger partial charge in [0.05, 0.1) is 16.4 Å². The largest absolute Gasteiger partial charge is 0.438 e. The highest BCUT2D eigenvalue weighted by atomic mass is 16.3. The van der Waals surface area contributed by atoms with Crippen LogP contribution in [0.2, 0.25) is 0 Å². The molecule has 0 saturated carbocycles. The van der Waals surface area contributed by atoms with Crippen LogP contribution < -0.4 is 15.5 Å². The summed E-state index contributed by atoms with van der Waals surface area (Å²) >= 11 is 0. The van der Waals surface area contributed by atoms with E-state index in [-0.39, 0.29) is 18.0 Å². The van der Waals surface area contributed by atoms with E-state index < -0.39 is 0 Å². The lowest BCUT2D eigenvalue weighted by atomic mass is 9.80. The van der Waals surface area contributed by atoms with Crippen LogP contribution in [0.4, 0.5) is 17.3 Å². The SMILES string of the molecule is CC1C=C(c2ccc3oc4c(c3c2)C(n2c3c(c5ccccc52)=CC2CC=CC=C2C=3)N(C)C(C2C=CC=C3C2c2ccccc2N3c2ccccc2)=N4)C=CC1. The predicted molar refractivity (Wildman–Crippen MR) is 234 cm³/mol. The first-order valence-corrected chi connectivity index (χ1v) is 20.4. The van der Waals surface area contributed by atoms with Crippen molar-refractivity contribution in [1.29, 1.82) is 0 Å². The van der Waals surface area contributed by atoms with Crippen molar-refractivity contribution in [3.63, 3.8) is 0 Å². The summed E-state index contributed by atoms with van der Waals surface area (Å²) in [6.07, 6.45) is 27.5. The maximum atomic E-state index is 6.91. The van der Waals surface area contributed by atoms with E-state index in [0.717, 1.165) is 35.2 Å². The first kappa shape index (κ1) is 32.6. The molecule has 6 aliphatic rings. The van der Waals surface area contributed by atoms with E-state index >= 15 is 0 Å². The maximum Gasteiger partial charge on any atom is 0.228 e. The van der Waals surface area contributed by atoms with Gasteiger partial charge in [-0.1, -0.05) is 122 Å². The van der Waals surface area contributed by atoms with E-state index in [1.807, 2.05) is 0 Å². The van der Waals surface area contributed by atoms with Crippen molar-refractivity contribution in [2.75, 3.05) is 11.9 Å². The molecule has 57 heavy (non-hydrogen) atoms. The van der Waals surface area contributed by atoms with Gasteiger partial charge < -0.3 is 18.8 Å². The number of rotatable bonds is 4. The molecule has 0 bridgehead atoms. The Morgan fingerprint density at radius 3 is 2.58 bits per heavy atom. The lowest BCUT2D eigenvalue weighted by Gasteiger charge is -2.40. The van der Waals surface area contributed by atoms with Gasteiger partial charge in [0.2, 0.25) is 5.88 Å². The summed E-state index contributed by atoms with van der Waals surface area (Å²) in [5.74, 6) is 2.62.